The van der Waals surface area contributed by atoms with Crippen molar-refractivity contribution < 1.29 is 29.7 Å². The molecule has 92 valence electrons. The molecule has 0 rings (SSSR count). The van der Waals surface area contributed by atoms with E-state index in [1.165, 1.54) is 0 Å². The predicted octanol–water partition coefficient (Wildman–Crippen LogP) is 1.36. The molecule has 3 N–H and O–H groups in total. The third-order valence-electron chi connectivity index (χ3n) is 1.46. The van der Waals surface area contributed by atoms with Gasteiger partial charge in [-0.05, 0) is 12.8 Å². The van der Waals surface area contributed by atoms with E-state index in [1.807, 2.05) is 0 Å². The maximum Gasteiger partial charge on any atom is 0.327 e. The Bertz CT molecular complexity index is 230. The van der Waals surface area contributed by atoms with Crippen molar-refractivity contribution in [2.24, 2.45) is 0 Å². The second-order valence-electron chi connectivity index (χ2n) is 2.89. The lowest BCUT2D eigenvalue weighted by molar-refractivity contribution is -0.137. The van der Waals surface area contributed by atoms with Crippen molar-refractivity contribution in [3.8, 4) is 0 Å². The largest absolute Gasteiger partial charge is 0.481 e. The van der Waals surface area contributed by atoms with Crippen molar-refractivity contribution in [3.63, 3.8) is 0 Å². The molecule has 0 saturated heterocycles. The number of hydrogen-bond acceptors (Lipinski definition) is 3. The Morgan fingerprint density at radius 2 is 1.19 bits per heavy atom. The Morgan fingerprint density at radius 1 is 0.875 bits per heavy atom. The van der Waals surface area contributed by atoms with Gasteiger partial charge in [-0.2, -0.15) is 0 Å². The summed E-state index contributed by atoms with van der Waals surface area (Å²) in [5.74, 6) is -2.62. The van der Waals surface area contributed by atoms with Crippen LogP contribution in [0.25, 0.3) is 0 Å². The van der Waals surface area contributed by atoms with Crippen LogP contribution >= 0.6 is 0 Å². The molecule has 0 spiro atoms. The molecule has 0 aromatic rings. The second-order valence-corrected chi connectivity index (χ2v) is 2.89. The molecule has 0 atom stereocenters. The van der Waals surface area contributed by atoms with Crippen LogP contribution in [0.3, 0.4) is 0 Å². The van der Waals surface area contributed by atoms with Crippen molar-refractivity contribution >= 4 is 17.9 Å². The number of hydrogen-bond donors (Lipinski definition) is 3. The molecular weight excluding hydrogens is 216 g/mol. The van der Waals surface area contributed by atoms with Crippen molar-refractivity contribution in [1.82, 2.24) is 0 Å². The standard InChI is InChI=1S/C7H12O4.C3H4O2/c8-6(9)4-2-1-3-5-7(10)11;1-2-3(4)5/h1-5H2,(H,8,9)(H,10,11);2H,1H2,(H,4,5). The van der Waals surface area contributed by atoms with E-state index in [0.717, 1.165) is 6.08 Å². The Hall–Kier alpha value is -1.85. The van der Waals surface area contributed by atoms with Crippen LogP contribution in [0.4, 0.5) is 0 Å². The van der Waals surface area contributed by atoms with Crippen LogP contribution in [0, 0.1) is 0 Å². The number of carboxylic acids is 3. The monoisotopic (exact) mass is 232 g/mol. The van der Waals surface area contributed by atoms with Crippen LogP contribution in [0.15, 0.2) is 12.7 Å². The number of aliphatic carboxylic acids is 3. The summed E-state index contributed by atoms with van der Waals surface area (Å²) in [6.45, 7) is 2.96. The summed E-state index contributed by atoms with van der Waals surface area (Å²) in [5.41, 5.74) is 0. The van der Waals surface area contributed by atoms with Gasteiger partial charge in [0.25, 0.3) is 0 Å². The van der Waals surface area contributed by atoms with Crippen LogP contribution in [-0.2, 0) is 14.4 Å². The summed E-state index contributed by atoms with van der Waals surface area (Å²) in [7, 11) is 0. The van der Waals surface area contributed by atoms with Crippen molar-refractivity contribution in [3.05, 3.63) is 12.7 Å². The summed E-state index contributed by atoms with van der Waals surface area (Å²) in [5, 5.41) is 24.0. The zero-order chi connectivity index (χ0) is 13.0. The highest BCUT2D eigenvalue weighted by molar-refractivity contribution is 5.78. The lowest BCUT2D eigenvalue weighted by atomic mass is 10.1. The molecule has 6 nitrogen and oxygen atoms in total. The van der Waals surface area contributed by atoms with Gasteiger partial charge in [0, 0.05) is 18.9 Å². The third kappa shape index (κ3) is 22.7. The number of carbonyl (C=O) groups is 3. The van der Waals surface area contributed by atoms with E-state index in [-0.39, 0.29) is 12.8 Å². The molecule has 0 heterocycles. The molecule has 0 aromatic carbocycles. The van der Waals surface area contributed by atoms with Crippen LogP contribution in [0.5, 0.6) is 0 Å². The van der Waals surface area contributed by atoms with E-state index >= 15 is 0 Å². The normalized spacial score (nSPS) is 8.50. The molecule has 0 aliphatic rings. The van der Waals surface area contributed by atoms with E-state index < -0.39 is 17.9 Å². The summed E-state index contributed by atoms with van der Waals surface area (Å²) in [6, 6.07) is 0. The van der Waals surface area contributed by atoms with Gasteiger partial charge in [0.05, 0.1) is 0 Å². The molecule has 0 aliphatic carbocycles. The Labute approximate surface area is 93.2 Å². The summed E-state index contributed by atoms with van der Waals surface area (Å²) < 4.78 is 0. The molecule has 0 aliphatic heterocycles. The van der Waals surface area contributed by atoms with Crippen molar-refractivity contribution in [1.29, 1.82) is 0 Å². The molecule has 0 bridgehead atoms. The van der Waals surface area contributed by atoms with Gasteiger partial charge in [-0.15, -0.1) is 0 Å². The zero-order valence-corrected chi connectivity index (χ0v) is 8.89. The van der Waals surface area contributed by atoms with Gasteiger partial charge in [-0.1, -0.05) is 13.0 Å². The second kappa shape index (κ2) is 11.2. The Kier molecular flexibility index (Phi) is 11.6. The molecular formula is C10H16O6. The van der Waals surface area contributed by atoms with Crippen LogP contribution < -0.4 is 0 Å². The van der Waals surface area contributed by atoms with Crippen LogP contribution in [0.2, 0.25) is 0 Å². The van der Waals surface area contributed by atoms with E-state index in [2.05, 4.69) is 6.58 Å². The van der Waals surface area contributed by atoms with E-state index in [1.54, 1.807) is 0 Å². The fraction of sp³-hybridized carbons (Fsp3) is 0.500. The maximum absolute atomic E-state index is 9.98. The molecule has 0 amide bonds. The number of carboxylic acid groups (broad SMARTS) is 3. The predicted molar refractivity (Wildman–Crippen MR) is 56.2 cm³/mol. The fourth-order valence-electron chi connectivity index (χ4n) is 0.729. The average Bonchev–Trinajstić information content (AvgIpc) is 2.17. The molecule has 0 unspecified atom stereocenters. The molecule has 0 aromatic heterocycles. The molecule has 0 radical (unpaired) electrons. The van der Waals surface area contributed by atoms with E-state index in [4.69, 9.17) is 15.3 Å². The van der Waals surface area contributed by atoms with Gasteiger partial charge in [0.15, 0.2) is 0 Å². The quantitative estimate of drug-likeness (QED) is 0.451. The Morgan fingerprint density at radius 3 is 1.38 bits per heavy atom. The highest BCUT2D eigenvalue weighted by atomic mass is 16.4. The van der Waals surface area contributed by atoms with E-state index in [0.29, 0.717) is 19.3 Å². The van der Waals surface area contributed by atoms with Gasteiger partial charge in [-0.3, -0.25) is 9.59 Å². The van der Waals surface area contributed by atoms with Gasteiger partial charge in [-0.25, -0.2) is 4.79 Å². The highest BCUT2D eigenvalue weighted by Crippen LogP contribution is 2.02. The molecule has 16 heavy (non-hydrogen) atoms. The van der Waals surface area contributed by atoms with Gasteiger partial charge >= 0.3 is 17.9 Å². The third-order valence-corrected chi connectivity index (χ3v) is 1.46. The maximum atomic E-state index is 9.98. The number of rotatable bonds is 7. The Balaban J connectivity index is 0. The SMILES string of the molecule is C=CC(=O)O.O=C(O)CCCCCC(=O)O. The first-order chi connectivity index (χ1) is 7.40. The number of unbranched alkanes of at least 4 members (excludes halogenated alkanes) is 2. The molecule has 6 heteroatoms. The van der Waals surface area contributed by atoms with Gasteiger partial charge < -0.3 is 15.3 Å². The first-order valence-corrected chi connectivity index (χ1v) is 4.69. The van der Waals surface area contributed by atoms with Crippen LogP contribution in [-0.4, -0.2) is 33.2 Å². The molecule has 0 fully saturated rings. The lowest BCUT2D eigenvalue weighted by Crippen LogP contribution is -1.96. The van der Waals surface area contributed by atoms with Crippen LogP contribution in [0.1, 0.15) is 32.1 Å². The van der Waals surface area contributed by atoms with Crippen molar-refractivity contribution in [2.75, 3.05) is 0 Å². The summed E-state index contributed by atoms with van der Waals surface area (Å²) in [4.78, 5) is 29.2. The zero-order valence-electron chi connectivity index (χ0n) is 8.89. The molecule has 0 saturated carbocycles. The lowest BCUT2D eigenvalue weighted by Gasteiger charge is -1.94. The highest BCUT2D eigenvalue weighted by Gasteiger charge is 1.98. The average molecular weight is 232 g/mol. The minimum absolute atomic E-state index is 0.139. The minimum atomic E-state index is -0.981. The summed E-state index contributed by atoms with van der Waals surface area (Å²) >= 11 is 0. The van der Waals surface area contributed by atoms with Crippen molar-refractivity contribution in [2.45, 2.75) is 32.1 Å². The summed E-state index contributed by atoms with van der Waals surface area (Å²) in [6.07, 6.45) is 2.93. The van der Waals surface area contributed by atoms with E-state index in [9.17, 15) is 14.4 Å². The first kappa shape index (κ1) is 16.6. The smallest absolute Gasteiger partial charge is 0.327 e. The minimum Gasteiger partial charge on any atom is -0.481 e. The van der Waals surface area contributed by atoms with Gasteiger partial charge in [0.1, 0.15) is 0 Å². The topological polar surface area (TPSA) is 112 Å². The van der Waals surface area contributed by atoms with Gasteiger partial charge in [0.2, 0.25) is 0 Å². The first-order valence-electron chi connectivity index (χ1n) is 4.69. The fourth-order valence-corrected chi connectivity index (χ4v) is 0.729.